The summed E-state index contributed by atoms with van der Waals surface area (Å²) in [6.45, 7) is 2.97. The Morgan fingerprint density at radius 1 is 1.26 bits per heavy atom. The summed E-state index contributed by atoms with van der Waals surface area (Å²) in [4.78, 5) is 8.73. The van der Waals surface area contributed by atoms with E-state index in [4.69, 9.17) is 9.47 Å². The molecule has 1 aromatic rings. The maximum Gasteiger partial charge on any atom is 0.193 e. The summed E-state index contributed by atoms with van der Waals surface area (Å²) in [5.74, 6) is 2.60. The van der Waals surface area contributed by atoms with Crippen LogP contribution in [0.4, 0.5) is 0 Å². The molecule has 1 N–H and O–H groups in total. The number of likely N-dealkylation sites (tertiary alicyclic amines) is 1. The third-order valence-corrected chi connectivity index (χ3v) is 4.06. The van der Waals surface area contributed by atoms with Crippen LogP contribution in [0.1, 0.15) is 12.0 Å². The van der Waals surface area contributed by atoms with Gasteiger partial charge < -0.3 is 19.7 Å². The first-order chi connectivity index (χ1) is 11.0. The van der Waals surface area contributed by atoms with Crippen molar-refractivity contribution in [3.63, 3.8) is 0 Å². The second-order valence-corrected chi connectivity index (χ2v) is 6.03. The lowest BCUT2D eigenvalue weighted by molar-refractivity contribution is 0.321. The molecule has 0 amide bonds. The van der Waals surface area contributed by atoms with Crippen LogP contribution in [0, 0.1) is 0 Å². The van der Waals surface area contributed by atoms with Gasteiger partial charge >= 0.3 is 0 Å². The number of hydrogen-bond acceptors (Lipinski definition) is 4. The highest BCUT2D eigenvalue weighted by molar-refractivity contribution is 5.79. The highest BCUT2D eigenvalue weighted by Gasteiger charge is 2.23. The van der Waals surface area contributed by atoms with Crippen LogP contribution < -0.4 is 14.8 Å². The average molecular weight is 320 g/mol. The average Bonchev–Trinajstić information content (AvgIpc) is 2.98. The summed E-state index contributed by atoms with van der Waals surface area (Å²) < 4.78 is 10.7. The molecule has 0 aromatic heterocycles. The zero-order chi connectivity index (χ0) is 16.8. The van der Waals surface area contributed by atoms with Crippen molar-refractivity contribution in [2.75, 3.05) is 48.5 Å². The van der Waals surface area contributed by atoms with Crippen LogP contribution in [0.2, 0.25) is 0 Å². The van der Waals surface area contributed by atoms with Gasteiger partial charge in [-0.25, -0.2) is 0 Å². The standard InChI is InChI=1S/C17H28N4O2/c1-18-17(20(2)3)19-14-6-7-21(12-14)11-13-8-15(22-4)10-16(9-13)23-5/h8-10,14H,6-7,11-12H2,1-5H3,(H,18,19). The molecule has 1 unspecified atom stereocenters. The summed E-state index contributed by atoms with van der Waals surface area (Å²) in [5, 5.41) is 3.51. The first-order valence-corrected chi connectivity index (χ1v) is 7.90. The molecule has 0 aliphatic carbocycles. The molecule has 0 spiro atoms. The van der Waals surface area contributed by atoms with Crippen molar-refractivity contribution < 1.29 is 9.47 Å². The molecule has 23 heavy (non-hydrogen) atoms. The molecule has 6 heteroatoms. The Labute approximate surface area is 139 Å². The van der Waals surface area contributed by atoms with Crippen molar-refractivity contribution in [3.05, 3.63) is 23.8 Å². The topological polar surface area (TPSA) is 49.3 Å². The van der Waals surface area contributed by atoms with E-state index < -0.39 is 0 Å². The molecule has 0 bridgehead atoms. The van der Waals surface area contributed by atoms with E-state index in [-0.39, 0.29) is 0 Å². The van der Waals surface area contributed by atoms with Crippen molar-refractivity contribution >= 4 is 5.96 Å². The van der Waals surface area contributed by atoms with Crippen LogP contribution in [0.25, 0.3) is 0 Å². The molecule has 1 heterocycles. The van der Waals surface area contributed by atoms with Gasteiger partial charge in [0.15, 0.2) is 5.96 Å². The normalized spacial score (nSPS) is 18.8. The maximum atomic E-state index is 5.34. The molecule has 1 fully saturated rings. The van der Waals surface area contributed by atoms with Crippen molar-refractivity contribution in [2.24, 2.45) is 4.99 Å². The van der Waals surface area contributed by atoms with E-state index in [9.17, 15) is 0 Å². The molecule has 128 valence electrons. The van der Waals surface area contributed by atoms with Gasteiger partial charge in [-0.2, -0.15) is 0 Å². The van der Waals surface area contributed by atoms with E-state index in [1.165, 1.54) is 5.56 Å². The van der Waals surface area contributed by atoms with Gasteiger partial charge in [-0.05, 0) is 24.1 Å². The molecule has 0 radical (unpaired) electrons. The number of ether oxygens (including phenoxy) is 2. The summed E-state index contributed by atoms with van der Waals surface area (Å²) >= 11 is 0. The highest BCUT2D eigenvalue weighted by atomic mass is 16.5. The molecule has 1 aromatic carbocycles. The summed E-state index contributed by atoms with van der Waals surface area (Å²) in [6.07, 6.45) is 1.12. The van der Waals surface area contributed by atoms with E-state index in [0.29, 0.717) is 6.04 Å². The van der Waals surface area contributed by atoms with Crippen molar-refractivity contribution in [2.45, 2.75) is 19.0 Å². The lowest BCUT2D eigenvalue weighted by atomic mass is 10.2. The Morgan fingerprint density at radius 3 is 2.43 bits per heavy atom. The fourth-order valence-corrected chi connectivity index (χ4v) is 2.89. The molecule has 0 saturated carbocycles. The monoisotopic (exact) mass is 320 g/mol. The smallest absolute Gasteiger partial charge is 0.193 e. The van der Waals surface area contributed by atoms with Gasteiger partial charge in [-0.15, -0.1) is 0 Å². The third kappa shape index (κ3) is 4.76. The lowest BCUT2D eigenvalue weighted by Crippen LogP contribution is -2.43. The Balaban J connectivity index is 1.95. The molecule has 1 saturated heterocycles. The predicted molar refractivity (Wildman–Crippen MR) is 93.4 cm³/mol. The number of methoxy groups -OCH3 is 2. The first-order valence-electron chi connectivity index (χ1n) is 7.90. The fourth-order valence-electron chi connectivity index (χ4n) is 2.89. The Morgan fingerprint density at radius 2 is 1.91 bits per heavy atom. The summed E-state index contributed by atoms with van der Waals surface area (Å²) in [5.41, 5.74) is 1.21. The molecular formula is C17H28N4O2. The zero-order valence-corrected chi connectivity index (χ0v) is 14.8. The van der Waals surface area contributed by atoms with Crippen LogP contribution >= 0.6 is 0 Å². The van der Waals surface area contributed by atoms with Gasteiger partial charge in [0.25, 0.3) is 0 Å². The zero-order valence-electron chi connectivity index (χ0n) is 14.8. The van der Waals surface area contributed by atoms with Gasteiger partial charge in [0.2, 0.25) is 0 Å². The lowest BCUT2D eigenvalue weighted by Gasteiger charge is -2.22. The summed E-state index contributed by atoms with van der Waals surface area (Å²) in [6, 6.07) is 6.48. The minimum atomic E-state index is 0.434. The van der Waals surface area contributed by atoms with Crippen molar-refractivity contribution in [3.8, 4) is 11.5 Å². The number of aliphatic imine (C=N–C) groups is 1. The van der Waals surface area contributed by atoms with E-state index >= 15 is 0 Å². The van der Waals surface area contributed by atoms with E-state index in [0.717, 1.165) is 43.5 Å². The van der Waals surface area contributed by atoms with Gasteiger partial charge in [0.05, 0.1) is 14.2 Å². The van der Waals surface area contributed by atoms with E-state index in [1.54, 1.807) is 14.2 Å². The van der Waals surface area contributed by atoms with Gasteiger partial charge in [-0.1, -0.05) is 0 Å². The van der Waals surface area contributed by atoms with Crippen LogP contribution in [0.15, 0.2) is 23.2 Å². The Bertz CT molecular complexity index is 523. The molecular weight excluding hydrogens is 292 g/mol. The second kappa shape index (κ2) is 8.06. The van der Waals surface area contributed by atoms with Gasteiger partial charge in [-0.3, -0.25) is 9.89 Å². The van der Waals surface area contributed by atoms with Crippen molar-refractivity contribution in [1.82, 2.24) is 15.1 Å². The minimum absolute atomic E-state index is 0.434. The van der Waals surface area contributed by atoms with Crippen LogP contribution in [-0.4, -0.2) is 70.3 Å². The van der Waals surface area contributed by atoms with E-state index in [1.807, 2.05) is 32.1 Å². The Kier molecular flexibility index (Phi) is 6.10. The number of rotatable bonds is 5. The fraction of sp³-hybridized carbons (Fsp3) is 0.588. The number of benzene rings is 1. The molecule has 1 atom stereocenters. The van der Waals surface area contributed by atoms with Gasteiger partial charge in [0, 0.05) is 52.9 Å². The van der Waals surface area contributed by atoms with Crippen molar-refractivity contribution in [1.29, 1.82) is 0 Å². The number of hydrogen-bond donors (Lipinski definition) is 1. The number of nitrogens with zero attached hydrogens (tertiary/aromatic N) is 3. The highest BCUT2D eigenvalue weighted by Crippen LogP contribution is 2.24. The first kappa shape index (κ1) is 17.4. The largest absolute Gasteiger partial charge is 0.497 e. The predicted octanol–water partition coefficient (Wildman–Crippen LogP) is 1.42. The quantitative estimate of drug-likeness (QED) is 0.657. The molecule has 1 aliphatic heterocycles. The SMILES string of the molecule is CN=C(NC1CCN(Cc2cc(OC)cc(OC)c2)C1)N(C)C. The maximum absolute atomic E-state index is 5.34. The summed E-state index contributed by atoms with van der Waals surface area (Å²) in [7, 11) is 9.19. The molecule has 2 rings (SSSR count). The third-order valence-electron chi connectivity index (χ3n) is 4.06. The Hall–Kier alpha value is -1.95. The van der Waals surface area contributed by atoms with Crippen LogP contribution in [-0.2, 0) is 6.54 Å². The number of guanidine groups is 1. The minimum Gasteiger partial charge on any atom is -0.497 e. The van der Waals surface area contributed by atoms with Crippen LogP contribution in [0.3, 0.4) is 0 Å². The molecule has 1 aliphatic rings. The van der Waals surface area contributed by atoms with E-state index in [2.05, 4.69) is 27.3 Å². The second-order valence-electron chi connectivity index (χ2n) is 6.03. The number of nitrogens with one attached hydrogen (secondary N) is 1. The van der Waals surface area contributed by atoms with Crippen LogP contribution in [0.5, 0.6) is 11.5 Å². The molecule has 6 nitrogen and oxygen atoms in total. The van der Waals surface area contributed by atoms with Gasteiger partial charge in [0.1, 0.15) is 11.5 Å².